The van der Waals surface area contributed by atoms with E-state index in [1.807, 2.05) is 13.2 Å². The zero-order chi connectivity index (χ0) is 17.2. The van der Waals surface area contributed by atoms with Crippen molar-refractivity contribution in [3.8, 4) is 0 Å². The number of aryl methyl sites for hydroxylation is 3. The van der Waals surface area contributed by atoms with Crippen LogP contribution in [-0.2, 0) is 19.9 Å². The molecule has 1 fully saturated rings. The van der Waals surface area contributed by atoms with E-state index in [1.165, 1.54) is 24.0 Å². The molecule has 2 aliphatic rings. The van der Waals surface area contributed by atoms with Crippen molar-refractivity contribution in [2.75, 3.05) is 11.9 Å². The van der Waals surface area contributed by atoms with E-state index >= 15 is 0 Å². The molecule has 5 heteroatoms. The number of fused-ring (bicyclic) bond motifs is 1. The second-order valence-corrected chi connectivity index (χ2v) is 7.42. The standard InChI is InChI=1S/C20H26N4O/c1-24-13-18(19(23-24)17-10-11-17)22-20(25)21-12-14-6-8-15-4-2-3-5-16(15)9-7-14/h2-5,13-14,17H,6-12H2,1H3,(H2,21,22,25). The number of nitrogens with zero attached hydrogens (tertiary/aromatic N) is 2. The van der Waals surface area contributed by atoms with Gasteiger partial charge in [-0.25, -0.2) is 4.79 Å². The van der Waals surface area contributed by atoms with E-state index in [1.54, 1.807) is 4.68 Å². The predicted octanol–water partition coefficient (Wildman–Crippen LogP) is 3.61. The maximum atomic E-state index is 12.3. The number of aromatic nitrogens is 2. The maximum absolute atomic E-state index is 12.3. The second kappa shape index (κ2) is 6.90. The molecule has 2 amide bonds. The first-order chi connectivity index (χ1) is 12.2. The maximum Gasteiger partial charge on any atom is 0.319 e. The summed E-state index contributed by atoms with van der Waals surface area (Å²) in [7, 11) is 1.90. The summed E-state index contributed by atoms with van der Waals surface area (Å²) in [6.07, 6.45) is 8.74. The average Bonchev–Trinajstić information content (AvgIpc) is 3.40. The van der Waals surface area contributed by atoms with Crippen molar-refractivity contribution >= 4 is 11.7 Å². The monoisotopic (exact) mass is 338 g/mol. The SMILES string of the molecule is Cn1cc(NC(=O)NCC2CCc3ccccc3CC2)c(C2CC2)n1. The molecule has 0 aliphatic heterocycles. The highest BCUT2D eigenvalue weighted by molar-refractivity contribution is 5.89. The Labute approximate surface area is 148 Å². The Morgan fingerprint density at radius 1 is 1.16 bits per heavy atom. The number of carbonyl (C=O) groups is 1. The van der Waals surface area contributed by atoms with Crippen LogP contribution in [0.5, 0.6) is 0 Å². The number of benzene rings is 1. The fourth-order valence-corrected chi connectivity index (χ4v) is 3.78. The van der Waals surface area contributed by atoms with E-state index in [0.717, 1.165) is 43.6 Å². The van der Waals surface area contributed by atoms with Gasteiger partial charge in [-0.15, -0.1) is 0 Å². The summed E-state index contributed by atoms with van der Waals surface area (Å²) in [5.41, 5.74) is 4.83. The smallest absolute Gasteiger partial charge is 0.319 e. The van der Waals surface area contributed by atoms with Crippen molar-refractivity contribution in [3.63, 3.8) is 0 Å². The summed E-state index contributed by atoms with van der Waals surface area (Å²) in [6, 6.07) is 8.60. The summed E-state index contributed by atoms with van der Waals surface area (Å²) < 4.78 is 1.78. The molecular formula is C20H26N4O. The molecule has 0 unspecified atom stereocenters. The van der Waals surface area contributed by atoms with Gasteiger partial charge in [0.25, 0.3) is 0 Å². The van der Waals surface area contributed by atoms with E-state index in [9.17, 15) is 4.79 Å². The van der Waals surface area contributed by atoms with E-state index in [-0.39, 0.29) is 6.03 Å². The number of hydrogen-bond acceptors (Lipinski definition) is 2. The third-order valence-corrected chi connectivity index (χ3v) is 5.38. The van der Waals surface area contributed by atoms with Gasteiger partial charge in [0.05, 0.1) is 11.4 Å². The van der Waals surface area contributed by atoms with Crippen LogP contribution in [0.25, 0.3) is 0 Å². The minimum Gasteiger partial charge on any atom is -0.338 e. The normalized spacial score (nSPS) is 17.6. The lowest BCUT2D eigenvalue weighted by Gasteiger charge is -2.15. The topological polar surface area (TPSA) is 59.0 Å². The summed E-state index contributed by atoms with van der Waals surface area (Å²) in [5, 5.41) is 10.5. The highest BCUT2D eigenvalue weighted by Gasteiger charge is 2.29. The van der Waals surface area contributed by atoms with Gasteiger partial charge in [-0.3, -0.25) is 4.68 Å². The molecule has 2 N–H and O–H groups in total. The predicted molar refractivity (Wildman–Crippen MR) is 98.8 cm³/mol. The molecular weight excluding hydrogens is 312 g/mol. The van der Waals surface area contributed by atoms with Crippen molar-refractivity contribution in [3.05, 3.63) is 47.3 Å². The fourth-order valence-electron chi connectivity index (χ4n) is 3.78. The van der Waals surface area contributed by atoms with Crippen LogP contribution in [0, 0.1) is 5.92 Å². The van der Waals surface area contributed by atoms with Gasteiger partial charge >= 0.3 is 6.03 Å². The van der Waals surface area contributed by atoms with Crippen LogP contribution in [0.15, 0.2) is 30.5 Å². The van der Waals surface area contributed by atoms with Crippen LogP contribution in [0.2, 0.25) is 0 Å². The zero-order valence-electron chi connectivity index (χ0n) is 14.8. The third-order valence-electron chi connectivity index (χ3n) is 5.38. The molecule has 1 aromatic carbocycles. The summed E-state index contributed by atoms with van der Waals surface area (Å²) >= 11 is 0. The van der Waals surface area contributed by atoms with E-state index in [2.05, 4.69) is 40.0 Å². The first kappa shape index (κ1) is 16.2. The number of hydrogen-bond donors (Lipinski definition) is 2. The molecule has 132 valence electrons. The number of amides is 2. The van der Waals surface area contributed by atoms with Crippen LogP contribution in [0.4, 0.5) is 10.5 Å². The van der Waals surface area contributed by atoms with Gasteiger partial charge in [-0.2, -0.15) is 5.10 Å². The highest BCUT2D eigenvalue weighted by atomic mass is 16.2. The van der Waals surface area contributed by atoms with Crippen LogP contribution in [-0.4, -0.2) is 22.4 Å². The molecule has 25 heavy (non-hydrogen) atoms. The molecule has 0 bridgehead atoms. The van der Waals surface area contributed by atoms with Crippen LogP contribution in [0.1, 0.15) is 48.4 Å². The van der Waals surface area contributed by atoms with Gasteiger partial charge < -0.3 is 10.6 Å². The Morgan fingerprint density at radius 2 is 1.84 bits per heavy atom. The number of anilines is 1. The van der Waals surface area contributed by atoms with Crippen LogP contribution >= 0.6 is 0 Å². The second-order valence-electron chi connectivity index (χ2n) is 7.42. The van der Waals surface area contributed by atoms with Gasteiger partial charge in [0, 0.05) is 25.7 Å². The first-order valence-electron chi connectivity index (χ1n) is 9.34. The first-order valence-corrected chi connectivity index (χ1v) is 9.34. The lowest BCUT2D eigenvalue weighted by molar-refractivity contribution is 0.249. The Balaban J connectivity index is 1.29. The van der Waals surface area contributed by atoms with E-state index < -0.39 is 0 Å². The van der Waals surface area contributed by atoms with E-state index in [4.69, 9.17) is 0 Å². The minimum absolute atomic E-state index is 0.114. The Bertz CT molecular complexity index is 736. The molecule has 5 nitrogen and oxygen atoms in total. The average molecular weight is 338 g/mol. The van der Waals surface area contributed by atoms with Crippen LogP contribution in [0.3, 0.4) is 0 Å². The Hall–Kier alpha value is -2.30. The van der Waals surface area contributed by atoms with Gasteiger partial charge in [0.2, 0.25) is 0 Å². The zero-order valence-corrected chi connectivity index (χ0v) is 14.8. The summed E-state index contributed by atoms with van der Waals surface area (Å²) in [6.45, 7) is 0.735. The molecule has 2 aromatic rings. The third kappa shape index (κ3) is 3.86. The molecule has 0 spiro atoms. The number of carbonyl (C=O) groups excluding carboxylic acids is 1. The highest BCUT2D eigenvalue weighted by Crippen LogP contribution is 2.42. The van der Waals surface area contributed by atoms with Gasteiger partial charge in [-0.1, -0.05) is 24.3 Å². The molecule has 0 saturated heterocycles. The van der Waals surface area contributed by atoms with Gasteiger partial charge in [0.15, 0.2) is 0 Å². The summed E-state index contributed by atoms with van der Waals surface area (Å²) in [4.78, 5) is 12.3. The van der Waals surface area contributed by atoms with Gasteiger partial charge in [0.1, 0.15) is 0 Å². The molecule has 1 saturated carbocycles. The summed E-state index contributed by atoms with van der Waals surface area (Å²) in [5.74, 6) is 1.06. The fraction of sp³-hybridized carbons (Fsp3) is 0.500. The minimum atomic E-state index is -0.114. The lowest BCUT2D eigenvalue weighted by Crippen LogP contribution is -2.33. The van der Waals surface area contributed by atoms with Gasteiger partial charge in [-0.05, 0) is 55.6 Å². The Morgan fingerprint density at radius 3 is 2.48 bits per heavy atom. The molecule has 0 radical (unpaired) electrons. The molecule has 1 heterocycles. The number of nitrogens with one attached hydrogen (secondary N) is 2. The van der Waals surface area contributed by atoms with Crippen molar-refractivity contribution in [1.29, 1.82) is 0 Å². The molecule has 4 rings (SSSR count). The number of urea groups is 1. The largest absolute Gasteiger partial charge is 0.338 e. The quantitative estimate of drug-likeness (QED) is 0.837. The van der Waals surface area contributed by atoms with Crippen molar-refractivity contribution in [2.45, 2.75) is 44.4 Å². The lowest BCUT2D eigenvalue weighted by atomic mass is 10.00. The van der Waals surface area contributed by atoms with E-state index in [0.29, 0.717) is 11.8 Å². The number of rotatable bonds is 4. The molecule has 0 atom stereocenters. The molecule has 2 aliphatic carbocycles. The Kier molecular flexibility index (Phi) is 4.47. The van der Waals surface area contributed by atoms with Crippen molar-refractivity contribution in [2.24, 2.45) is 13.0 Å². The van der Waals surface area contributed by atoms with Crippen molar-refractivity contribution < 1.29 is 4.79 Å². The van der Waals surface area contributed by atoms with Crippen LogP contribution < -0.4 is 10.6 Å². The molecule has 1 aromatic heterocycles. The van der Waals surface area contributed by atoms with Crippen molar-refractivity contribution in [1.82, 2.24) is 15.1 Å².